The summed E-state index contributed by atoms with van der Waals surface area (Å²) in [7, 11) is 0. The van der Waals surface area contributed by atoms with E-state index in [4.69, 9.17) is 0 Å². The molecule has 0 aliphatic rings. The van der Waals surface area contributed by atoms with Gasteiger partial charge < -0.3 is 10.6 Å². The summed E-state index contributed by atoms with van der Waals surface area (Å²) < 4.78 is 0. The molecule has 0 radical (unpaired) electrons. The fourth-order valence-corrected chi connectivity index (χ4v) is 2.69. The molecule has 0 bridgehead atoms. The molecule has 0 fully saturated rings. The molecule has 3 rings (SSSR count). The second kappa shape index (κ2) is 8.32. The Morgan fingerprint density at radius 1 is 0.630 bits per heavy atom. The highest BCUT2D eigenvalue weighted by Gasteiger charge is 2.18. The zero-order chi connectivity index (χ0) is 19.2. The molecular formula is C23H22N2O2. The number of hydrogen-bond donors (Lipinski definition) is 2. The Morgan fingerprint density at radius 3 is 1.44 bits per heavy atom. The van der Waals surface area contributed by atoms with Crippen LogP contribution in [0.25, 0.3) is 0 Å². The second-order valence-electron chi connectivity index (χ2n) is 6.52. The van der Waals surface area contributed by atoms with Gasteiger partial charge in [0.1, 0.15) is 6.17 Å². The predicted molar refractivity (Wildman–Crippen MR) is 106 cm³/mol. The highest BCUT2D eigenvalue weighted by Crippen LogP contribution is 2.13. The summed E-state index contributed by atoms with van der Waals surface area (Å²) in [4.78, 5) is 25.3. The number of carbonyl (C=O) groups excluding carboxylic acids is 2. The van der Waals surface area contributed by atoms with Crippen LogP contribution in [0.3, 0.4) is 0 Å². The third kappa shape index (κ3) is 4.82. The minimum Gasteiger partial charge on any atom is -0.328 e. The average Bonchev–Trinajstić information content (AvgIpc) is 2.69. The van der Waals surface area contributed by atoms with Crippen molar-refractivity contribution in [2.45, 2.75) is 20.0 Å². The smallest absolute Gasteiger partial charge is 0.253 e. The van der Waals surface area contributed by atoms with E-state index in [-0.39, 0.29) is 11.8 Å². The number of hydrogen-bond acceptors (Lipinski definition) is 2. The monoisotopic (exact) mass is 358 g/mol. The van der Waals surface area contributed by atoms with Crippen LogP contribution in [0.2, 0.25) is 0 Å². The van der Waals surface area contributed by atoms with Crippen LogP contribution in [0.1, 0.15) is 43.6 Å². The zero-order valence-corrected chi connectivity index (χ0v) is 15.4. The molecule has 3 aromatic carbocycles. The predicted octanol–water partition coefficient (Wildman–Crippen LogP) is 4.16. The molecule has 0 unspecified atom stereocenters. The summed E-state index contributed by atoms with van der Waals surface area (Å²) >= 11 is 0. The van der Waals surface area contributed by atoms with Crippen LogP contribution >= 0.6 is 0 Å². The highest BCUT2D eigenvalue weighted by atomic mass is 16.2. The molecule has 2 N–H and O–H groups in total. The molecule has 4 heteroatoms. The van der Waals surface area contributed by atoms with Crippen molar-refractivity contribution < 1.29 is 9.59 Å². The summed E-state index contributed by atoms with van der Waals surface area (Å²) in [6.45, 7) is 3.94. The van der Waals surface area contributed by atoms with Gasteiger partial charge in [0.15, 0.2) is 0 Å². The number of rotatable bonds is 5. The van der Waals surface area contributed by atoms with E-state index in [1.807, 2.05) is 68.4 Å². The van der Waals surface area contributed by atoms with E-state index in [0.29, 0.717) is 11.1 Å². The van der Waals surface area contributed by atoms with E-state index in [1.165, 1.54) is 0 Å². The summed E-state index contributed by atoms with van der Waals surface area (Å²) in [5, 5.41) is 5.82. The van der Waals surface area contributed by atoms with Gasteiger partial charge in [-0.1, -0.05) is 65.7 Å². The molecule has 0 aliphatic carbocycles. The van der Waals surface area contributed by atoms with Crippen molar-refractivity contribution in [3.8, 4) is 0 Å². The molecule has 0 aromatic heterocycles. The van der Waals surface area contributed by atoms with E-state index in [1.54, 1.807) is 24.3 Å². The molecule has 3 aromatic rings. The first-order valence-corrected chi connectivity index (χ1v) is 8.83. The third-order valence-corrected chi connectivity index (χ3v) is 4.31. The van der Waals surface area contributed by atoms with E-state index in [0.717, 1.165) is 16.7 Å². The fraction of sp³-hybridized carbons (Fsp3) is 0.130. The van der Waals surface area contributed by atoms with Crippen LogP contribution in [0.5, 0.6) is 0 Å². The fourth-order valence-electron chi connectivity index (χ4n) is 2.69. The Labute approximate surface area is 159 Å². The van der Waals surface area contributed by atoms with Gasteiger partial charge in [0.2, 0.25) is 0 Å². The van der Waals surface area contributed by atoms with Gasteiger partial charge in [0, 0.05) is 11.1 Å². The summed E-state index contributed by atoms with van der Waals surface area (Å²) in [5.41, 5.74) is 4.06. The summed E-state index contributed by atoms with van der Waals surface area (Å²) in [6, 6.07) is 24.0. The Kier molecular flexibility index (Phi) is 5.67. The standard InChI is InChI=1S/C23H22N2O2/c1-16-8-12-19(13-9-16)22(26)24-21(18-6-4-3-5-7-18)25-23(27)20-14-10-17(2)11-15-20/h3-15,21H,1-2H3,(H,24,26)(H,25,27). The van der Waals surface area contributed by atoms with E-state index in [2.05, 4.69) is 10.6 Å². The van der Waals surface area contributed by atoms with Crippen LogP contribution in [0, 0.1) is 13.8 Å². The van der Waals surface area contributed by atoms with Gasteiger partial charge in [0.25, 0.3) is 11.8 Å². The van der Waals surface area contributed by atoms with Crippen LogP contribution in [0.4, 0.5) is 0 Å². The molecule has 0 spiro atoms. The van der Waals surface area contributed by atoms with Crippen molar-refractivity contribution in [3.63, 3.8) is 0 Å². The van der Waals surface area contributed by atoms with E-state index >= 15 is 0 Å². The van der Waals surface area contributed by atoms with Gasteiger partial charge in [-0.2, -0.15) is 0 Å². The van der Waals surface area contributed by atoms with Gasteiger partial charge in [0.05, 0.1) is 0 Å². The van der Waals surface area contributed by atoms with Crippen molar-refractivity contribution in [2.75, 3.05) is 0 Å². The quantitative estimate of drug-likeness (QED) is 0.673. The maximum atomic E-state index is 12.6. The maximum Gasteiger partial charge on any atom is 0.253 e. The van der Waals surface area contributed by atoms with E-state index < -0.39 is 6.17 Å². The lowest BCUT2D eigenvalue weighted by Crippen LogP contribution is -2.41. The van der Waals surface area contributed by atoms with Gasteiger partial charge in [-0.3, -0.25) is 9.59 Å². The molecule has 0 atom stereocenters. The van der Waals surface area contributed by atoms with Crippen LogP contribution in [-0.2, 0) is 0 Å². The molecular weight excluding hydrogens is 336 g/mol. The van der Waals surface area contributed by atoms with Crippen molar-refractivity contribution in [2.24, 2.45) is 0 Å². The number of benzene rings is 3. The molecule has 136 valence electrons. The van der Waals surface area contributed by atoms with E-state index in [9.17, 15) is 9.59 Å². The number of nitrogens with one attached hydrogen (secondary N) is 2. The molecule has 0 aliphatic heterocycles. The average molecular weight is 358 g/mol. The second-order valence-corrected chi connectivity index (χ2v) is 6.52. The summed E-state index contributed by atoms with van der Waals surface area (Å²) in [6.07, 6.45) is -0.631. The molecule has 0 saturated heterocycles. The van der Waals surface area contributed by atoms with Crippen molar-refractivity contribution >= 4 is 11.8 Å². The van der Waals surface area contributed by atoms with Crippen molar-refractivity contribution in [3.05, 3.63) is 107 Å². The van der Waals surface area contributed by atoms with Gasteiger partial charge >= 0.3 is 0 Å². The largest absolute Gasteiger partial charge is 0.328 e. The number of carbonyl (C=O) groups is 2. The molecule has 4 nitrogen and oxygen atoms in total. The Bertz CT molecular complexity index is 857. The zero-order valence-electron chi connectivity index (χ0n) is 15.4. The minimum atomic E-state index is -0.631. The number of aryl methyl sites for hydroxylation is 2. The molecule has 0 heterocycles. The maximum absolute atomic E-state index is 12.6. The van der Waals surface area contributed by atoms with Gasteiger partial charge in [-0.05, 0) is 43.7 Å². The van der Waals surface area contributed by atoms with Crippen LogP contribution in [-0.4, -0.2) is 11.8 Å². The minimum absolute atomic E-state index is 0.243. The van der Waals surface area contributed by atoms with Gasteiger partial charge in [-0.25, -0.2) is 0 Å². The molecule has 2 amide bonds. The Balaban J connectivity index is 1.81. The topological polar surface area (TPSA) is 58.2 Å². The highest BCUT2D eigenvalue weighted by molar-refractivity contribution is 5.96. The lowest BCUT2D eigenvalue weighted by atomic mass is 10.1. The number of amides is 2. The first kappa shape index (κ1) is 18.4. The van der Waals surface area contributed by atoms with Crippen molar-refractivity contribution in [1.29, 1.82) is 0 Å². The normalized spacial score (nSPS) is 10.5. The SMILES string of the molecule is Cc1ccc(C(=O)NC(NC(=O)c2ccc(C)cc2)c2ccccc2)cc1. The first-order chi connectivity index (χ1) is 13.0. The van der Waals surface area contributed by atoms with Crippen LogP contribution in [0.15, 0.2) is 78.9 Å². The van der Waals surface area contributed by atoms with Gasteiger partial charge in [-0.15, -0.1) is 0 Å². The lowest BCUT2D eigenvalue weighted by molar-refractivity contribution is 0.0883. The third-order valence-electron chi connectivity index (χ3n) is 4.31. The molecule has 0 saturated carbocycles. The lowest BCUT2D eigenvalue weighted by Gasteiger charge is -2.21. The van der Waals surface area contributed by atoms with Crippen LogP contribution < -0.4 is 10.6 Å². The summed E-state index contributed by atoms with van der Waals surface area (Å²) in [5.74, 6) is -0.485. The van der Waals surface area contributed by atoms with Crippen molar-refractivity contribution in [1.82, 2.24) is 10.6 Å². The molecule has 27 heavy (non-hydrogen) atoms. The Morgan fingerprint density at radius 2 is 1.04 bits per heavy atom. The first-order valence-electron chi connectivity index (χ1n) is 8.83. The Hall–Kier alpha value is -3.40.